The number of allylic oxidation sites excluding steroid dienone is 2. The van der Waals surface area contributed by atoms with Crippen molar-refractivity contribution in [2.24, 2.45) is 11.3 Å². The van der Waals surface area contributed by atoms with E-state index in [2.05, 4.69) is 34.9 Å². The number of amides is 1. The molecule has 1 heterocycles. The molecule has 1 aromatic carbocycles. The lowest BCUT2D eigenvalue weighted by Gasteiger charge is -2.50. The molecule has 0 aromatic heterocycles. The maximum absolute atomic E-state index is 13.0. The highest BCUT2D eigenvalue weighted by Gasteiger charge is 2.49. The van der Waals surface area contributed by atoms with Crippen molar-refractivity contribution in [3.63, 3.8) is 0 Å². The fourth-order valence-corrected chi connectivity index (χ4v) is 5.79. The maximum atomic E-state index is 13.0. The van der Waals surface area contributed by atoms with Gasteiger partial charge >= 0.3 is 0 Å². The Kier molecular flexibility index (Phi) is 5.85. The minimum atomic E-state index is 0.198. The van der Waals surface area contributed by atoms with Crippen molar-refractivity contribution in [2.75, 3.05) is 11.9 Å². The third-order valence-corrected chi connectivity index (χ3v) is 7.09. The van der Waals surface area contributed by atoms with Gasteiger partial charge in [-0.25, -0.2) is 0 Å². The van der Waals surface area contributed by atoms with E-state index in [-0.39, 0.29) is 11.3 Å². The first-order valence-corrected chi connectivity index (χ1v) is 11.1. The molecule has 1 amide bonds. The minimum absolute atomic E-state index is 0.198. The van der Waals surface area contributed by atoms with Crippen LogP contribution in [0, 0.1) is 11.3 Å². The van der Waals surface area contributed by atoms with Crippen LogP contribution in [0.5, 0.6) is 0 Å². The van der Waals surface area contributed by atoms with Crippen LogP contribution < -0.4 is 10.6 Å². The molecule has 3 nitrogen and oxygen atoms in total. The van der Waals surface area contributed by atoms with Gasteiger partial charge in [-0.15, -0.1) is 0 Å². The monoisotopic (exact) mass is 366 g/mol. The van der Waals surface area contributed by atoms with E-state index >= 15 is 0 Å². The summed E-state index contributed by atoms with van der Waals surface area (Å²) >= 11 is 0. The van der Waals surface area contributed by atoms with E-state index in [9.17, 15) is 4.79 Å². The summed E-state index contributed by atoms with van der Waals surface area (Å²) in [7, 11) is 0. The van der Waals surface area contributed by atoms with Gasteiger partial charge in [0.25, 0.3) is 0 Å². The minimum Gasteiger partial charge on any atom is -0.385 e. The predicted octanol–water partition coefficient (Wildman–Crippen LogP) is 5.79. The van der Waals surface area contributed by atoms with E-state index < -0.39 is 0 Å². The second-order valence-electron chi connectivity index (χ2n) is 8.71. The van der Waals surface area contributed by atoms with Gasteiger partial charge in [0.15, 0.2) is 0 Å². The fourth-order valence-electron chi connectivity index (χ4n) is 5.79. The van der Waals surface area contributed by atoms with E-state index in [4.69, 9.17) is 0 Å². The molecule has 0 unspecified atom stereocenters. The highest BCUT2D eigenvalue weighted by atomic mass is 16.2. The average Bonchev–Trinajstić information content (AvgIpc) is 2.71. The van der Waals surface area contributed by atoms with Crippen LogP contribution in [-0.2, 0) is 4.79 Å². The van der Waals surface area contributed by atoms with E-state index in [1.807, 2.05) is 6.07 Å². The SMILES string of the molecule is O=C1NC2=C(CCCC2)C2(CCCCC2)[C@@H]1CCCCNc1ccccc1. The third-order valence-electron chi connectivity index (χ3n) is 7.09. The van der Waals surface area contributed by atoms with Crippen LogP contribution in [0.1, 0.15) is 77.0 Å². The molecule has 1 atom stereocenters. The summed E-state index contributed by atoms with van der Waals surface area (Å²) in [6.45, 7) is 0.985. The average molecular weight is 367 g/mol. The zero-order chi connectivity index (χ0) is 18.5. The van der Waals surface area contributed by atoms with Crippen LogP contribution in [-0.4, -0.2) is 12.5 Å². The van der Waals surface area contributed by atoms with Crippen LogP contribution in [0.15, 0.2) is 41.6 Å². The highest BCUT2D eigenvalue weighted by molar-refractivity contribution is 5.83. The molecular formula is C24H34N2O. The molecule has 1 spiro atoms. The summed E-state index contributed by atoms with van der Waals surface area (Å²) in [5.41, 5.74) is 4.35. The van der Waals surface area contributed by atoms with Gasteiger partial charge in [0, 0.05) is 29.3 Å². The molecule has 0 radical (unpaired) electrons. The van der Waals surface area contributed by atoms with Gasteiger partial charge in [0.2, 0.25) is 5.91 Å². The molecule has 1 aromatic rings. The fraction of sp³-hybridized carbons (Fsp3) is 0.625. The second-order valence-corrected chi connectivity index (χ2v) is 8.71. The lowest BCUT2D eigenvalue weighted by atomic mass is 9.56. The van der Waals surface area contributed by atoms with Gasteiger partial charge < -0.3 is 10.6 Å². The molecule has 2 N–H and O–H groups in total. The Labute approximate surface area is 164 Å². The Balaban J connectivity index is 1.39. The van der Waals surface area contributed by atoms with E-state index in [0.29, 0.717) is 5.91 Å². The quantitative estimate of drug-likeness (QED) is 0.625. The number of unbranched alkanes of at least 4 members (excludes halogenated alkanes) is 1. The molecule has 1 aliphatic heterocycles. The van der Waals surface area contributed by atoms with Gasteiger partial charge in [0.05, 0.1) is 0 Å². The van der Waals surface area contributed by atoms with Crippen molar-refractivity contribution in [1.29, 1.82) is 0 Å². The summed E-state index contributed by atoms with van der Waals surface area (Å²) in [6, 6.07) is 10.4. The number of benzene rings is 1. The predicted molar refractivity (Wildman–Crippen MR) is 111 cm³/mol. The molecule has 3 heteroatoms. The van der Waals surface area contributed by atoms with Crippen LogP contribution in [0.2, 0.25) is 0 Å². The van der Waals surface area contributed by atoms with E-state index in [1.54, 1.807) is 5.57 Å². The number of rotatable bonds is 6. The number of hydrogen-bond donors (Lipinski definition) is 2. The van der Waals surface area contributed by atoms with Gasteiger partial charge in [-0.05, 0) is 69.1 Å². The van der Waals surface area contributed by atoms with Crippen LogP contribution in [0.25, 0.3) is 0 Å². The maximum Gasteiger partial charge on any atom is 0.228 e. The molecule has 1 fully saturated rings. The van der Waals surface area contributed by atoms with Gasteiger partial charge in [-0.1, -0.05) is 43.9 Å². The summed E-state index contributed by atoms with van der Waals surface area (Å²) in [4.78, 5) is 13.0. The van der Waals surface area contributed by atoms with Crippen molar-refractivity contribution in [3.8, 4) is 0 Å². The standard InChI is InChI=1S/C24H34N2O/c27-23-21(14-7-10-18-25-19-11-3-1-4-12-19)24(16-8-2-9-17-24)20-13-5-6-15-22(20)26-23/h1,3-4,11-12,21,25H,2,5-10,13-18H2,(H,26,27)/t21-/m1/s1. The van der Waals surface area contributed by atoms with Crippen LogP contribution in [0.4, 0.5) is 5.69 Å². The van der Waals surface area contributed by atoms with Crippen molar-refractivity contribution in [1.82, 2.24) is 5.32 Å². The lowest BCUT2D eigenvalue weighted by Crippen LogP contribution is -2.50. The van der Waals surface area contributed by atoms with Crippen molar-refractivity contribution < 1.29 is 4.79 Å². The number of anilines is 1. The Hall–Kier alpha value is -1.77. The molecule has 27 heavy (non-hydrogen) atoms. The van der Waals surface area contributed by atoms with E-state index in [1.165, 1.54) is 62.8 Å². The molecule has 1 saturated carbocycles. The topological polar surface area (TPSA) is 41.1 Å². The Morgan fingerprint density at radius 2 is 1.74 bits per heavy atom. The second kappa shape index (κ2) is 8.50. The van der Waals surface area contributed by atoms with Crippen LogP contribution in [0.3, 0.4) is 0 Å². The number of nitrogens with one attached hydrogen (secondary N) is 2. The number of fused-ring (bicyclic) bond motifs is 1. The molecule has 3 aliphatic rings. The Morgan fingerprint density at radius 1 is 0.963 bits per heavy atom. The van der Waals surface area contributed by atoms with Crippen LogP contribution >= 0.6 is 0 Å². The lowest BCUT2D eigenvalue weighted by molar-refractivity contribution is -0.130. The Morgan fingerprint density at radius 3 is 2.56 bits per heavy atom. The number of carbonyl (C=O) groups is 1. The molecular weight excluding hydrogens is 332 g/mol. The zero-order valence-electron chi connectivity index (χ0n) is 16.6. The Bertz CT molecular complexity index is 673. The van der Waals surface area contributed by atoms with E-state index in [0.717, 1.165) is 32.2 Å². The third kappa shape index (κ3) is 3.93. The largest absolute Gasteiger partial charge is 0.385 e. The summed E-state index contributed by atoms with van der Waals surface area (Å²) in [5, 5.41) is 6.83. The van der Waals surface area contributed by atoms with Crippen molar-refractivity contribution in [2.45, 2.75) is 77.0 Å². The summed E-state index contributed by atoms with van der Waals surface area (Å²) < 4.78 is 0. The zero-order valence-corrected chi connectivity index (χ0v) is 16.6. The smallest absolute Gasteiger partial charge is 0.228 e. The first kappa shape index (κ1) is 18.6. The van der Waals surface area contributed by atoms with Gasteiger partial charge in [-0.2, -0.15) is 0 Å². The first-order chi connectivity index (χ1) is 13.3. The highest BCUT2D eigenvalue weighted by Crippen LogP contribution is 2.55. The molecule has 4 rings (SSSR count). The van der Waals surface area contributed by atoms with Crippen molar-refractivity contribution in [3.05, 3.63) is 41.6 Å². The first-order valence-electron chi connectivity index (χ1n) is 11.1. The summed E-state index contributed by atoms with van der Waals surface area (Å²) in [5.74, 6) is 0.528. The number of hydrogen-bond acceptors (Lipinski definition) is 2. The molecule has 0 bridgehead atoms. The van der Waals surface area contributed by atoms with Gasteiger partial charge in [0.1, 0.15) is 0 Å². The summed E-state index contributed by atoms with van der Waals surface area (Å²) in [6.07, 6.45) is 14.6. The normalized spacial score (nSPS) is 24.4. The van der Waals surface area contributed by atoms with Crippen molar-refractivity contribution >= 4 is 11.6 Å². The number of carbonyl (C=O) groups excluding carboxylic acids is 1. The molecule has 2 aliphatic carbocycles. The van der Waals surface area contributed by atoms with Gasteiger partial charge in [-0.3, -0.25) is 4.79 Å². The number of para-hydroxylation sites is 1. The molecule has 0 saturated heterocycles. The molecule has 146 valence electrons.